The van der Waals surface area contributed by atoms with Crippen LogP contribution in [0.5, 0.6) is 6.01 Å². The number of ketones is 2. The van der Waals surface area contributed by atoms with E-state index < -0.39 is 143 Å². The van der Waals surface area contributed by atoms with E-state index in [1.807, 2.05) is 22.6 Å². The molecule has 8 N–H and O–H groups in total. The Morgan fingerprint density at radius 3 is 1.58 bits per heavy atom. The van der Waals surface area contributed by atoms with Gasteiger partial charge in [0.1, 0.15) is 32.7 Å². The lowest BCUT2D eigenvalue weighted by atomic mass is 9.95. The highest BCUT2D eigenvalue weighted by Crippen LogP contribution is 2.40. The fourth-order valence-corrected chi connectivity index (χ4v) is 13.9. The van der Waals surface area contributed by atoms with Gasteiger partial charge in [-0.15, -0.1) is 0 Å². The molecule has 0 bridgehead atoms. The zero-order chi connectivity index (χ0) is 83.6. The number of ether oxygens (including phenoxy) is 3. The highest BCUT2D eigenvalue weighted by molar-refractivity contribution is 14.1. The Labute approximate surface area is 652 Å². The number of esters is 2. The van der Waals surface area contributed by atoms with E-state index in [1.54, 1.807) is 43.7 Å². The standard InChI is InChI=1S/C16H18Cl2N2O4.2C14H13F3N2O4S.C13H12IN5O6S.C6H4Cl2N2O2/c1-4-23-14(21)12-9-16(3,15(22)24-5-2)20(19-12)13-7-6-10(17)8-11(13)18;2*1-7-11(13(21)19(2)18-7)12(20)9-5-4-8(14(15,16)17)6-10(9)24(3,22)23;1-6-15-11(18-13(16-6)25-2)17-12(22)19-26(23,24)9-5-7(14)3-4-8(9)10(20)21;7-3-1-2(9)4(8)5(10-3)6(11)12/h6-8H,4-5,9H2,1-3H3;2*4-6,18H,1-3H3;3-5H,1-2H3,(H,20,21)(H2,15,16,17,18,19,22);1H,(H2,9,10)(H,11,12). The number of nitrogens with two attached hydrogens (primary N) is 1. The molecule has 5 heterocycles. The average Bonchev–Trinajstić information content (AvgIpc) is 1.60. The van der Waals surface area contributed by atoms with Gasteiger partial charge in [0, 0.05) is 64.1 Å². The van der Waals surface area contributed by atoms with Gasteiger partial charge >= 0.3 is 48.3 Å². The molecule has 9 rings (SSSR count). The van der Waals surface area contributed by atoms with Crippen molar-refractivity contribution in [2.75, 3.05) is 48.9 Å². The second-order valence-electron chi connectivity index (χ2n) is 22.6. The van der Waals surface area contributed by atoms with Gasteiger partial charge in [0.2, 0.25) is 17.5 Å². The van der Waals surface area contributed by atoms with E-state index in [0.29, 0.717) is 56.1 Å². The molecule has 592 valence electrons. The van der Waals surface area contributed by atoms with Crippen LogP contribution < -0.4 is 36.6 Å². The van der Waals surface area contributed by atoms with Gasteiger partial charge < -0.3 is 30.2 Å². The van der Waals surface area contributed by atoms with E-state index >= 15 is 0 Å². The molecule has 4 aromatic heterocycles. The van der Waals surface area contributed by atoms with Gasteiger partial charge in [-0.25, -0.2) is 63.9 Å². The summed E-state index contributed by atoms with van der Waals surface area (Å²) in [4.78, 5) is 120. The van der Waals surface area contributed by atoms with Gasteiger partial charge in [-0.2, -0.15) is 46.4 Å². The number of aromatic carboxylic acids is 2. The monoisotopic (exact) mass is 1800 g/mol. The van der Waals surface area contributed by atoms with Gasteiger partial charge in [0.25, 0.3) is 21.1 Å². The molecule has 33 nitrogen and oxygen atoms in total. The van der Waals surface area contributed by atoms with Crippen molar-refractivity contribution in [2.45, 2.75) is 80.5 Å². The Kier molecular flexibility index (Phi) is 29.8. The second kappa shape index (κ2) is 36.2. The molecule has 1 aliphatic heterocycles. The summed E-state index contributed by atoms with van der Waals surface area (Å²) in [5.74, 6) is -5.68. The third kappa shape index (κ3) is 22.6. The number of H-pyrrole nitrogens is 2. The number of hydrazone groups is 1. The van der Waals surface area contributed by atoms with E-state index in [-0.39, 0.29) is 87.2 Å². The van der Waals surface area contributed by atoms with Crippen LogP contribution in [0.4, 0.5) is 48.5 Å². The minimum atomic E-state index is -4.76. The van der Waals surface area contributed by atoms with Crippen LogP contribution >= 0.6 is 69.0 Å². The maximum absolute atomic E-state index is 12.8. The molecular formula is C63H60Cl4F6IN13O20S3. The first-order valence-corrected chi connectivity index (χ1v) is 38.1. The Morgan fingerprint density at radius 1 is 0.673 bits per heavy atom. The minimum Gasteiger partial charge on any atom is -0.478 e. The van der Waals surface area contributed by atoms with Crippen molar-refractivity contribution in [1.82, 2.24) is 44.2 Å². The van der Waals surface area contributed by atoms with E-state index in [9.17, 15) is 94.7 Å². The maximum atomic E-state index is 12.8. The first-order chi connectivity index (χ1) is 50.6. The van der Waals surface area contributed by atoms with E-state index in [4.69, 9.17) is 76.6 Å². The molecule has 47 heteroatoms. The van der Waals surface area contributed by atoms with Crippen molar-refractivity contribution < 1.29 is 110 Å². The molecule has 0 radical (unpaired) electrons. The number of pyridine rings is 1. The van der Waals surface area contributed by atoms with Crippen LogP contribution in [0.3, 0.4) is 0 Å². The van der Waals surface area contributed by atoms with Crippen LogP contribution in [0.15, 0.2) is 108 Å². The van der Waals surface area contributed by atoms with Gasteiger partial charge in [-0.05, 0) is 143 Å². The zero-order valence-electron chi connectivity index (χ0n) is 58.4. The van der Waals surface area contributed by atoms with Crippen molar-refractivity contribution in [3.8, 4) is 6.01 Å². The van der Waals surface area contributed by atoms with E-state index in [1.165, 1.54) is 59.1 Å². The Balaban J connectivity index is 0.000000250. The summed E-state index contributed by atoms with van der Waals surface area (Å²) >= 11 is 25.0. The number of aromatic nitrogens is 8. The van der Waals surface area contributed by atoms with Gasteiger partial charge in [0.05, 0.1) is 68.2 Å². The number of carboxylic acids is 2. The molecule has 4 aromatic carbocycles. The number of hydrogen-bond acceptors (Lipinski definition) is 25. The minimum absolute atomic E-state index is 0.00861. The molecule has 110 heavy (non-hydrogen) atoms. The maximum Gasteiger partial charge on any atom is 0.416 e. The first-order valence-electron chi connectivity index (χ1n) is 30.2. The number of alkyl halides is 6. The van der Waals surface area contributed by atoms with Crippen molar-refractivity contribution in [2.24, 2.45) is 19.2 Å². The third-order valence-electron chi connectivity index (χ3n) is 14.4. The lowest BCUT2D eigenvalue weighted by molar-refractivity contribution is -0.148. The number of amides is 2. The molecular weight excluding hydrogens is 1740 g/mol. The first kappa shape index (κ1) is 90.6. The molecule has 0 spiro atoms. The van der Waals surface area contributed by atoms with Gasteiger partial charge in [-0.3, -0.25) is 44.1 Å². The summed E-state index contributed by atoms with van der Waals surface area (Å²) in [7, 11) is -8.68. The van der Waals surface area contributed by atoms with Crippen molar-refractivity contribution in [3.63, 3.8) is 0 Å². The van der Waals surface area contributed by atoms with Crippen LogP contribution in [0, 0.1) is 24.3 Å². The SMILES string of the molecule is CCOC(=O)C1=NN(c2ccc(Cl)cc2Cl)C(C)(C(=O)OCC)C1.COc1nc(C)nc(NC(=O)NS(=O)(=O)c2cc(I)ccc2C(=O)O)n1.Cc1[nH]n(C)c(=O)c1C(=O)c1ccc(C(F)(F)F)cc1S(C)(=O)=O.Cc1[nH]n(C)c(=O)c1C(=O)c1ccc(C(F)(F)F)cc1S(C)(=O)=O.Nc1cc(Cl)nc(C(=O)O)c1Cl. The van der Waals surface area contributed by atoms with Crippen molar-refractivity contribution in [1.29, 1.82) is 0 Å². The molecule has 0 fully saturated rings. The lowest BCUT2D eigenvalue weighted by Crippen LogP contribution is -2.48. The highest BCUT2D eigenvalue weighted by atomic mass is 127. The van der Waals surface area contributed by atoms with Crippen LogP contribution in [0.1, 0.15) is 108 Å². The Hall–Kier alpha value is -10.1. The average molecular weight is 1800 g/mol. The number of nitrogens with zero attached hydrogens (tertiary/aromatic N) is 8. The van der Waals surface area contributed by atoms with Crippen LogP contribution in [0.2, 0.25) is 20.2 Å². The summed E-state index contributed by atoms with van der Waals surface area (Å²) < 4.78 is 168. The van der Waals surface area contributed by atoms with Crippen LogP contribution in [-0.2, 0) is 75.2 Å². The fraction of sp³-hybridized carbons (Fsp3) is 0.270. The molecule has 1 unspecified atom stereocenters. The highest BCUT2D eigenvalue weighted by Gasteiger charge is 2.50. The zero-order valence-corrected chi connectivity index (χ0v) is 66.0. The number of methoxy groups -OCH3 is 1. The Morgan fingerprint density at radius 2 is 1.16 bits per heavy atom. The summed E-state index contributed by atoms with van der Waals surface area (Å²) in [6.45, 7) is 9.87. The van der Waals surface area contributed by atoms with E-state index in [0.717, 1.165) is 33.6 Å². The number of carboxylic acid groups (broad SMARTS) is 2. The number of sulfonamides is 1. The number of carbonyl (C=O) groups excluding carboxylic acids is 5. The molecule has 8 aromatic rings. The number of benzene rings is 4. The molecule has 0 aliphatic carbocycles. The lowest BCUT2D eigenvalue weighted by Gasteiger charge is -2.32. The van der Waals surface area contributed by atoms with Crippen LogP contribution in [-0.4, -0.2) is 161 Å². The van der Waals surface area contributed by atoms with Crippen LogP contribution in [0.25, 0.3) is 0 Å². The fourth-order valence-electron chi connectivity index (χ4n) is 9.44. The van der Waals surface area contributed by atoms with Gasteiger partial charge in [0.15, 0.2) is 30.9 Å². The molecule has 0 saturated carbocycles. The number of urea groups is 1. The normalized spacial score (nSPS) is 13.4. The second-order valence-corrected chi connectivity index (χ2v) is 31.1. The predicted octanol–water partition coefficient (Wildman–Crippen LogP) is 9.47. The quantitative estimate of drug-likeness (QED) is 0.0147. The number of sulfone groups is 2. The Bertz CT molecular complexity index is 5350. The van der Waals surface area contributed by atoms with Crippen molar-refractivity contribution >= 4 is 163 Å². The summed E-state index contributed by atoms with van der Waals surface area (Å²) in [5, 5.41) is 31.3. The molecule has 2 amide bonds. The van der Waals surface area contributed by atoms with Crippen molar-refractivity contribution in [3.05, 3.63) is 185 Å². The largest absolute Gasteiger partial charge is 0.478 e. The van der Waals surface area contributed by atoms with E-state index in [2.05, 4.69) is 40.6 Å². The number of anilines is 3. The number of rotatable bonds is 17. The summed E-state index contributed by atoms with van der Waals surface area (Å²) in [6.07, 6.45) is -8.07. The molecule has 0 saturated heterocycles. The number of nitrogen functional groups attached to an aromatic ring is 1. The molecule has 1 atom stereocenters. The summed E-state index contributed by atoms with van der Waals surface area (Å²) in [5.41, 5.74) is -0.973. The number of hydrogen-bond donors (Lipinski definition) is 7. The number of nitrogens with one attached hydrogen (secondary N) is 4. The number of aromatic amines is 2. The number of carbonyl (C=O) groups is 7. The number of halogens is 11. The molecule has 1 aliphatic rings. The van der Waals surface area contributed by atoms with Gasteiger partial charge in [-0.1, -0.05) is 46.4 Å². The summed E-state index contributed by atoms with van der Waals surface area (Å²) in [6, 6.07) is 12.1. The third-order valence-corrected chi connectivity index (χ3v) is 19.8. The smallest absolute Gasteiger partial charge is 0.416 e. The topological polar surface area (TPSA) is 483 Å². The predicted molar refractivity (Wildman–Crippen MR) is 392 cm³/mol. The number of aryl methyl sites for hydroxylation is 5.